The molecule has 0 aliphatic carbocycles. The minimum atomic E-state index is -2.89. The summed E-state index contributed by atoms with van der Waals surface area (Å²) in [6, 6.07) is 1.80. The van der Waals surface area contributed by atoms with Crippen LogP contribution in [0.5, 0.6) is 0 Å². The van der Waals surface area contributed by atoms with Gasteiger partial charge in [-0.1, -0.05) is 0 Å². The Balaban J connectivity index is 1.37. The molecule has 3 rings (SSSR count). The van der Waals surface area contributed by atoms with E-state index in [4.69, 9.17) is 0 Å². The molecule has 156 valence electrons. The molecule has 2 saturated heterocycles. The second kappa shape index (κ2) is 10.0. The van der Waals surface area contributed by atoms with Crippen LogP contribution in [0.1, 0.15) is 19.8 Å². The standard InChI is InChI=1S/C18H31N7O2S/c1-2-19-17(23-16-5-14-28(26,27)15-16)20-8-4-9-24-10-12-25(13-11-24)18-21-6-3-7-22-18/h3,6-7,16H,2,4-5,8-15H2,1H3,(H2,19,20,23). The molecule has 3 heterocycles. The number of piperazine rings is 1. The minimum Gasteiger partial charge on any atom is -0.357 e. The molecule has 9 nitrogen and oxygen atoms in total. The SMILES string of the molecule is CCNC(=NCCCN1CCN(c2ncccn2)CC1)NC1CCS(=O)(=O)C1. The van der Waals surface area contributed by atoms with E-state index in [2.05, 4.69) is 35.4 Å². The maximum Gasteiger partial charge on any atom is 0.225 e. The summed E-state index contributed by atoms with van der Waals surface area (Å²) in [5.74, 6) is 1.99. The smallest absolute Gasteiger partial charge is 0.225 e. The molecule has 1 unspecified atom stereocenters. The van der Waals surface area contributed by atoms with E-state index in [1.54, 1.807) is 12.4 Å². The molecular weight excluding hydrogens is 378 g/mol. The highest BCUT2D eigenvalue weighted by molar-refractivity contribution is 7.91. The number of anilines is 1. The second-order valence-electron chi connectivity index (χ2n) is 7.24. The van der Waals surface area contributed by atoms with Gasteiger partial charge in [0.25, 0.3) is 0 Å². The number of aliphatic imine (C=N–C) groups is 1. The van der Waals surface area contributed by atoms with Crippen molar-refractivity contribution in [2.24, 2.45) is 4.99 Å². The summed E-state index contributed by atoms with van der Waals surface area (Å²) in [7, 11) is -2.89. The van der Waals surface area contributed by atoms with Crippen LogP contribution < -0.4 is 15.5 Å². The third-order valence-electron chi connectivity index (χ3n) is 5.03. The third-order valence-corrected chi connectivity index (χ3v) is 6.80. The lowest BCUT2D eigenvalue weighted by Crippen LogP contribution is -2.47. The number of sulfone groups is 1. The molecule has 2 fully saturated rings. The average Bonchev–Trinajstić information content (AvgIpc) is 3.05. The van der Waals surface area contributed by atoms with E-state index in [-0.39, 0.29) is 17.5 Å². The van der Waals surface area contributed by atoms with E-state index in [0.717, 1.165) is 64.1 Å². The Hall–Kier alpha value is -1.94. The van der Waals surface area contributed by atoms with Crippen molar-refractivity contribution in [3.63, 3.8) is 0 Å². The van der Waals surface area contributed by atoms with Crippen molar-refractivity contribution in [2.45, 2.75) is 25.8 Å². The zero-order valence-electron chi connectivity index (χ0n) is 16.5. The zero-order chi connectivity index (χ0) is 19.8. The first kappa shape index (κ1) is 20.8. The molecule has 1 aromatic heterocycles. The van der Waals surface area contributed by atoms with Gasteiger partial charge in [-0.05, 0) is 25.8 Å². The molecule has 0 radical (unpaired) electrons. The minimum absolute atomic E-state index is 0.0314. The van der Waals surface area contributed by atoms with Gasteiger partial charge in [0.05, 0.1) is 11.5 Å². The fourth-order valence-corrected chi connectivity index (χ4v) is 5.21. The summed E-state index contributed by atoms with van der Waals surface area (Å²) in [4.78, 5) is 17.9. The molecule has 0 saturated carbocycles. The van der Waals surface area contributed by atoms with Gasteiger partial charge < -0.3 is 15.5 Å². The Kier molecular flexibility index (Phi) is 7.43. The number of guanidine groups is 1. The topological polar surface area (TPSA) is 103 Å². The average molecular weight is 410 g/mol. The highest BCUT2D eigenvalue weighted by Crippen LogP contribution is 2.11. The van der Waals surface area contributed by atoms with E-state index < -0.39 is 9.84 Å². The quantitative estimate of drug-likeness (QED) is 0.360. The molecular formula is C18H31N7O2S. The molecule has 10 heteroatoms. The summed E-state index contributed by atoms with van der Waals surface area (Å²) in [5.41, 5.74) is 0. The molecule has 0 bridgehead atoms. The fraction of sp³-hybridized carbons (Fsp3) is 0.722. The van der Waals surface area contributed by atoms with Gasteiger partial charge in [-0.3, -0.25) is 9.89 Å². The first-order valence-corrected chi connectivity index (χ1v) is 11.9. The maximum atomic E-state index is 11.6. The largest absolute Gasteiger partial charge is 0.357 e. The molecule has 2 aliphatic rings. The molecule has 0 aromatic carbocycles. The van der Waals surface area contributed by atoms with Gasteiger partial charge in [-0.15, -0.1) is 0 Å². The monoisotopic (exact) mass is 409 g/mol. The zero-order valence-corrected chi connectivity index (χ0v) is 17.4. The molecule has 0 spiro atoms. The Bertz CT molecular complexity index is 734. The normalized spacial score (nSPS) is 23.0. The van der Waals surface area contributed by atoms with Gasteiger partial charge >= 0.3 is 0 Å². The molecule has 2 aliphatic heterocycles. The van der Waals surface area contributed by atoms with Crippen molar-refractivity contribution in [1.82, 2.24) is 25.5 Å². The van der Waals surface area contributed by atoms with E-state index in [0.29, 0.717) is 6.42 Å². The Morgan fingerprint density at radius 1 is 1.25 bits per heavy atom. The molecule has 28 heavy (non-hydrogen) atoms. The number of aromatic nitrogens is 2. The first-order chi connectivity index (χ1) is 13.6. The first-order valence-electron chi connectivity index (χ1n) is 10.1. The van der Waals surface area contributed by atoms with Gasteiger partial charge in [0.1, 0.15) is 0 Å². The summed E-state index contributed by atoms with van der Waals surface area (Å²) in [6.07, 6.45) is 5.19. The van der Waals surface area contributed by atoms with Crippen LogP contribution in [0, 0.1) is 0 Å². The maximum absolute atomic E-state index is 11.6. The second-order valence-corrected chi connectivity index (χ2v) is 9.46. The van der Waals surface area contributed by atoms with Crippen molar-refractivity contribution < 1.29 is 8.42 Å². The lowest BCUT2D eigenvalue weighted by atomic mass is 10.3. The molecule has 1 atom stereocenters. The van der Waals surface area contributed by atoms with Crippen LogP contribution in [0.4, 0.5) is 5.95 Å². The van der Waals surface area contributed by atoms with Crippen molar-refractivity contribution in [3.8, 4) is 0 Å². The lowest BCUT2D eigenvalue weighted by Gasteiger charge is -2.34. The third kappa shape index (κ3) is 6.30. The summed E-state index contributed by atoms with van der Waals surface area (Å²) < 4.78 is 23.2. The summed E-state index contributed by atoms with van der Waals surface area (Å²) in [6.45, 7) is 8.37. The fourth-order valence-electron chi connectivity index (χ4n) is 3.53. The van der Waals surface area contributed by atoms with E-state index >= 15 is 0 Å². The Morgan fingerprint density at radius 2 is 2.00 bits per heavy atom. The van der Waals surface area contributed by atoms with Gasteiger partial charge in [0.15, 0.2) is 15.8 Å². The van der Waals surface area contributed by atoms with Crippen molar-refractivity contribution in [1.29, 1.82) is 0 Å². The van der Waals surface area contributed by atoms with Crippen LogP contribution in [0.2, 0.25) is 0 Å². The predicted octanol–water partition coefficient (Wildman–Crippen LogP) is -0.269. The highest BCUT2D eigenvalue weighted by Gasteiger charge is 2.28. The summed E-state index contributed by atoms with van der Waals surface area (Å²) in [5, 5.41) is 6.47. The predicted molar refractivity (Wildman–Crippen MR) is 111 cm³/mol. The van der Waals surface area contributed by atoms with E-state index in [1.807, 2.05) is 13.0 Å². The van der Waals surface area contributed by atoms with E-state index in [1.165, 1.54) is 0 Å². The van der Waals surface area contributed by atoms with Crippen LogP contribution in [-0.2, 0) is 9.84 Å². The van der Waals surface area contributed by atoms with Gasteiger partial charge in [-0.2, -0.15) is 0 Å². The molecule has 0 amide bonds. The van der Waals surface area contributed by atoms with Crippen LogP contribution in [-0.4, -0.2) is 92.6 Å². The van der Waals surface area contributed by atoms with Crippen LogP contribution in [0.3, 0.4) is 0 Å². The highest BCUT2D eigenvalue weighted by atomic mass is 32.2. The van der Waals surface area contributed by atoms with Gasteiger partial charge in [0.2, 0.25) is 5.95 Å². The Labute approximate surface area is 167 Å². The van der Waals surface area contributed by atoms with Gasteiger partial charge in [0, 0.05) is 64.2 Å². The number of nitrogens with zero attached hydrogens (tertiary/aromatic N) is 5. The lowest BCUT2D eigenvalue weighted by molar-refractivity contribution is 0.255. The number of hydrogen-bond donors (Lipinski definition) is 2. The van der Waals surface area contributed by atoms with Crippen LogP contribution >= 0.6 is 0 Å². The summed E-state index contributed by atoms with van der Waals surface area (Å²) >= 11 is 0. The number of rotatable bonds is 7. The Morgan fingerprint density at radius 3 is 2.64 bits per heavy atom. The van der Waals surface area contributed by atoms with Crippen LogP contribution in [0.15, 0.2) is 23.5 Å². The number of hydrogen-bond acceptors (Lipinski definition) is 7. The van der Waals surface area contributed by atoms with Crippen molar-refractivity contribution in [2.75, 3.05) is 62.2 Å². The van der Waals surface area contributed by atoms with E-state index in [9.17, 15) is 8.42 Å². The van der Waals surface area contributed by atoms with Gasteiger partial charge in [-0.25, -0.2) is 18.4 Å². The number of nitrogens with one attached hydrogen (secondary N) is 2. The van der Waals surface area contributed by atoms with Crippen molar-refractivity contribution >= 4 is 21.7 Å². The molecule has 2 N–H and O–H groups in total. The van der Waals surface area contributed by atoms with Crippen LogP contribution in [0.25, 0.3) is 0 Å². The van der Waals surface area contributed by atoms with Crippen molar-refractivity contribution in [3.05, 3.63) is 18.5 Å². The molecule has 1 aromatic rings.